The number of methoxy groups -OCH3 is 1. The normalized spacial score (nSPS) is 12.1. The zero-order valence-electron chi connectivity index (χ0n) is 18.8. The minimum atomic E-state index is -0.284. The van der Waals surface area contributed by atoms with Crippen LogP contribution < -0.4 is 5.32 Å². The molecule has 170 valence electrons. The summed E-state index contributed by atoms with van der Waals surface area (Å²) in [6.45, 7) is 1.91. The lowest BCUT2D eigenvalue weighted by atomic mass is 9.88. The summed E-state index contributed by atoms with van der Waals surface area (Å²) < 4.78 is 21.0. The van der Waals surface area contributed by atoms with Gasteiger partial charge in [-0.3, -0.25) is 4.79 Å². The number of para-hydroxylation sites is 1. The molecule has 1 heterocycles. The Labute approximate surface area is 194 Å². The Bertz CT molecular complexity index is 1190. The van der Waals surface area contributed by atoms with Crippen molar-refractivity contribution in [3.05, 3.63) is 108 Å². The van der Waals surface area contributed by atoms with E-state index in [9.17, 15) is 9.18 Å². The third kappa shape index (κ3) is 5.68. The van der Waals surface area contributed by atoms with Crippen LogP contribution in [0.15, 0.2) is 85.1 Å². The standard InChI is InChI=1S/C28H29FN2O2/c1-33-17-7-16-30-28(32)18-25(22-12-14-23(29)15-13-22)26-20-31(19-21-8-3-2-4-9-21)27-11-6-5-10-24(26)27/h2-6,8-15,20,25H,7,16-19H2,1H3,(H,30,32). The summed E-state index contributed by atoms with van der Waals surface area (Å²) in [5, 5.41) is 4.10. The van der Waals surface area contributed by atoms with Crippen molar-refractivity contribution in [1.29, 1.82) is 0 Å². The molecule has 1 unspecified atom stereocenters. The minimum Gasteiger partial charge on any atom is -0.385 e. The number of nitrogens with zero attached hydrogens (tertiary/aromatic N) is 1. The Balaban J connectivity index is 1.69. The van der Waals surface area contributed by atoms with Crippen LogP contribution in [0.5, 0.6) is 0 Å². The van der Waals surface area contributed by atoms with E-state index in [2.05, 4.69) is 40.3 Å². The average Bonchev–Trinajstić information content (AvgIpc) is 3.20. The van der Waals surface area contributed by atoms with Crippen LogP contribution in [0.3, 0.4) is 0 Å². The number of carbonyl (C=O) groups excluding carboxylic acids is 1. The number of nitrogens with one attached hydrogen (secondary N) is 1. The Hall–Kier alpha value is -3.44. The van der Waals surface area contributed by atoms with Gasteiger partial charge >= 0.3 is 0 Å². The quantitative estimate of drug-likeness (QED) is 0.328. The van der Waals surface area contributed by atoms with Gasteiger partial charge in [0.2, 0.25) is 5.91 Å². The van der Waals surface area contributed by atoms with Gasteiger partial charge in [0, 0.05) is 56.2 Å². The summed E-state index contributed by atoms with van der Waals surface area (Å²) in [7, 11) is 1.65. The number of ether oxygens (including phenoxy) is 1. The lowest BCUT2D eigenvalue weighted by Gasteiger charge is -2.17. The van der Waals surface area contributed by atoms with E-state index in [-0.39, 0.29) is 24.1 Å². The summed E-state index contributed by atoms with van der Waals surface area (Å²) in [4.78, 5) is 12.8. The molecule has 0 radical (unpaired) electrons. The SMILES string of the molecule is COCCCNC(=O)CC(c1ccc(F)cc1)c1cn(Cc2ccccc2)c2ccccc12. The van der Waals surface area contributed by atoms with Crippen molar-refractivity contribution < 1.29 is 13.9 Å². The molecule has 4 aromatic rings. The fourth-order valence-corrected chi connectivity index (χ4v) is 4.27. The summed E-state index contributed by atoms with van der Waals surface area (Å²) in [5.74, 6) is -0.497. The maximum absolute atomic E-state index is 13.7. The number of hydrogen-bond donors (Lipinski definition) is 1. The van der Waals surface area contributed by atoms with Crippen LogP contribution in [0.1, 0.15) is 35.4 Å². The molecule has 0 aliphatic heterocycles. The van der Waals surface area contributed by atoms with E-state index in [0.29, 0.717) is 13.2 Å². The van der Waals surface area contributed by atoms with Crippen molar-refractivity contribution in [2.24, 2.45) is 0 Å². The molecule has 0 aliphatic rings. The molecule has 5 heteroatoms. The van der Waals surface area contributed by atoms with Gasteiger partial charge in [-0.05, 0) is 41.3 Å². The number of benzene rings is 3. The van der Waals surface area contributed by atoms with E-state index in [1.807, 2.05) is 30.3 Å². The molecule has 0 saturated heterocycles. The molecule has 4 nitrogen and oxygen atoms in total. The van der Waals surface area contributed by atoms with Crippen LogP contribution in [0.4, 0.5) is 4.39 Å². The highest BCUT2D eigenvalue weighted by molar-refractivity contribution is 5.86. The summed E-state index contributed by atoms with van der Waals surface area (Å²) in [5.41, 5.74) is 4.31. The Morgan fingerprint density at radius 3 is 2.48 bits per heavy atom. The van der Waals surface area contributed by atoms with Crippen molar-refractivity contribution in [2.75, 3.05) is 20.3 Å². The van der Waals surface area contributed by atoms with Crippen LogP contribution in [-0.2, 0) is 16.1 Å². The highest BCUT2D eigenvalue weighted by Crippen LogP contribution is 2.35. The zero-order valence-corrected chi connectivity index (χ0v) is 18.8. The molecule has 1 amide bonds. The van der Waals surface area contributed by atoms with Crippen molar-refractivity contribution >= 4 is 16.8 Å². The Kier molecular flexibility index (Phi) is 7.53. The molecule has 4 rings (SSSR count). The van der Waals surface area contributed by atoms with Gasteiger partial charge in [-0.1, -0.05) is 60.7 Å². The first-order chi connectivity index (χ1) is 16.2. The summed E-state index contributed by atoms with van der Waals surface area (Å²) >= 11 is 0. The maximum Gasteiger partial charge on any atom is 0.220 e. The molecule has 1 aromatic heterocycles. The molecule has 1 atom stereocenters. The second-order valence-corrected chi connectivity index (χ2v) is 8.22. The third-order valence-electron chi connectivity index (χ3n) is 5.90. The number of fused-ring (bicyclic) bond motifs is 1. The number of hydrogen-bond acceptors (Lipinski definition) is 2. The Morgan fingerprint density at radius 2 is 1.73 bits per heavy atom. The molecule has 0 saturated carbocycles. The number of rotatable bonds is 10. The first-order valence-electron chi connectivity index (χ1n) is 11.3. The first kappa shape index (κ1) is 22.7. The van der Waals surface area contributed by atoms with E-state index >= 15 is 0 Å². The van der Waals surface area contributed by atoms with Crippen LogP contribution in [0.2, 0.25) is 0 Å². The molecular weight excluding hydrogens is 415 g/mol. The molecular formula is C28H29FN2O2. The number of amides is 1. The predicted octanol–water partition coefficient (Wildman–Crippen LogP) is 5.50. The lowest BCUT2D eigenvalue weighted by molar-refractivity contribution is -0.121. The fourth-order valence-electron chi connectivity index (χ4n) is 4.27. The van der Waals surface area contributed by atoms with Crippen LogP contribution in [0, 0.1) is 5.82 Å². The van der Waals surface area contributed by atoms with Gasteiger partial charge in [0.25, 0.3) is 0 Å². The van der Waals surface area contributed by atoms with Crippen molar-refractivity contribution in [3.8, 4) is 0 Å². The zero-order chi connectivity index (χ0) is 23.0. The molecule has 0 fully saturated rings. The van der Waals surface area contributed by atoms with Crippen LogP contribution in [-0.4, -0.2) is 30.7 Å². The monoisotopic (exact) mass is 444 g/mol. The van der Waals surface area contributed by atoms with Gasteiger partial charge < -0.3 is 14.6 Å². The fraction of sp³-hybridized carbons (Fsp3) is 0.250. The molecule has 0 aliphatic carbocycles. The second-order valence-electron chi connectivity index (χ2n) is 8.22. The number of aromatic nitrogens is 1. The average molecular weight is 445 g/mol. The van der Waals surface area contributed by atoms with Gasteiger partial charge in [-0.15, -0.1) is 0 Å². The van der Waals surface area contributed by atoms with E-state index in [1.165, 1.54) is 17.7 Å². The summed E-state index contributed by atoms with van der Waals surface area (Å²) in [6, 6.07) is 25.0. The molecule has 0 bridgehead atoms. The second kappa shape index (κ2) is 10.9. The van der Waals surface area contributed by atoms with Gasteiger partial charge in [-0.25, -0.2) is 4.39 Å². The van der Waals surface area contributed by atoms with E-state index in [4.69, 9.17) is 4.74 Å². The highest BCUT2D eigenvalue weighted by atomic mass is 19.1. The highest BCUT2D eigenvalue weighted by Gasteiger charge is 2.23. The third-order valence-corrected chi connectivity index (χ3v) is 5.90. The maximum atomic E-state index is 13.7. The predicted molar refractivity (Wildman–Crippen MR) is 130 cm³/mol. The smallest absolute Gasteiger partial charge is 0.220 e. The first-order valence-corrected chi connectivity index (χ1v) is 11.3. The topological polar surface area (TPSA) is 43.3 Å². The largest absolute Gasteiger partial charge is 0.385 e. The number of halogens is 1. The minimum absolute atomic E-state index is 0.0275. The van der Waals surface area contributed by atoms with Crippen LogP contribution >= 0.6 is 0 Å². The van der Waals surface area contributed by atoms with Gasteiger partial charge in [0.15, 0.2) is 0 Å². The summed E-state index contributed by atoms with van der Waals surface area (Å²) in [6.07, 6.45) is 3.20. The van der Waals surface area contributed by atoms with Gasteiger partial charge in [0.1, 0.15) is 5.82 Å². The van der Waals surface area contributed by atoms with Gasteiger partial charge in [-0.2, -0.15) is 0 Å². The lowest BCUT2D eigenvalue weighted by Crippen LogP contribution is -2.27. The molecule has 1 N–H and O–H groups in total. The van der Waals surface area contributed by atoms with E-state index in [1.54, 1.807) is 19.2 Å². The van der Waals surface area contributed by atoms with E-state index in [0.717, 1.165) is 35.0 Å². The molecule has 33 heavy (non-hydrogen) atoms. The molecule has 3 aromatic carbocycles. The van der Waals surface area contributed by atoms with Crippen molar-refractivity contribution in [1.82, 2.24) is 9.88 Å². The Morgan fingerprint density at radius 1 is 1.00 bits per heavy atom. The van der Waals surface area contributed by atoms with Gasteiger partial charge in [0.05, 0.1) is 0 Å². The van der Waals surface area contributed by atoms with Crippen molar-refractivity contribution in [3.63, 3.8) is 0 Å². The van der Waals surface area contributed by atoms with E-state index < -0.39 is 0 Å². The van der Waals surface area contributed by atoms with Crippen molar-refractivity contribution in [2.45, 2.75) is 25.3 Å². The number of carbonyl (C=O) groups is 1. The molecule has 0 spiro atoms. The van der Waals surface area contributed by atoms with Crippen LogP contribution in [0.25, 0.3) is 10.9 Å².